The Morgan fingerprint density at radius 1 is 1.17 bits per heavy atom. The molecule has 0 radical (unpaired) electrons. The molecule has 0 atom stereocenters. The van der Waals surface area contributed by atoms with E-state index in [-0.39, 0.29) is 5.91 Å². The molecular weight excluding hydrogens is 222 g/mol. The van der Waals surface area contributed by atoms with Gasteiger partial charge in [0.25, 0.3) is 5.91 Å². The van der Waals surface area contributed by atoms with Crippen LogP contribution in [0.25, 0.3) is 0 Å². The molecule has 1 aliphatic carbocycles. The third-order valence-electron chi connectivity index (χ3n) is 4.28. The van der Waals surface area contributed by atoms with Crippen LogP contribution in [0.5, 0.6) is 0 Å². The molecule has 2 rings (SSSR count). The van der Waals surface area contributed by atoms with Crippen LogP contribution in [0.4, 0.5) is 0 Å². The van der Waals surface area contributed by atoms with Gasteiger partial charge in [-0.25, -0.2) is 0 Å². The Hall–Kier alpha value is -1.31. The minimum atomic E-state index is 0.183. The quantitative estimate of drug-likeness (QED) is 0.778. The maximum absolute atomic E-state index is 12.5. The average Bonchev–Trinajstić information content (AvgIpc) is 2.41. The lowest BCUT2D eigenvalue weighted by Crippen LogP contribution is -2.38. The summed E-state index contributed by atoms with van der Waals surface area (Å²) in [7, 11) is 1.96. The summed E-state index contributed by atoms with van der Waals surface area (Å²) in [5.74, 6) is 0.183. The SMILES string of the molecule is Cc1cccc(C(=O)N(C)C2CCCCC2)c1C. The number of amides is 1. The monoisotopic (exact) mass is 245 g/mol. The van der Waals surface area contributed by atoms with Gasteiger partial charge in [0, 0.05) is 18.7 Å². The van der Waals surface area contributed by atoms with E-state index in [1.54, 1.807) is 0 Å². The predicted molar refractivity (Wildman–Crippen MR) is 74.9 cm³/mol. The Morgan fingerprint density at radius 2 is 1.83 bits per heavy atom. The highest BCUT2D eigenvalue weighted by Gasteiger charge is 2.23. The van der Waals surface area contributed by atoms with E-state index < -0.39 is 0 Å². The van der Waals surface area contributed by atoms with Gasteiger partial charge in [0.1, 0.15) is 0 Å². The van der Waals surface area contributed by atoms with Crippen molar-refractivity contribution in [3.05, 3.63) is 34.9 Å². The third kappa shape index (κ3) is 2.58. The molecule has 1 aromatic rings. The van der Waals surface area contributed by atoms with Crippen LogP contribution in [0, 0.1) is 13.8 Å². The van der Waals surface area contributed by atoms with Gasteiger partial charge >= 0.3 is 0 Å². The largest absolute Gasteiger partial charge is 0.339 e. The topological polar surface area (TPSA) is 20.3 Å². The Bertz CT molecular complexity index is 433. The number of aryl methyl sites for hydroxylation is 1. The van der Waals surface area contributed by atoms with Crippen molar-refractivity contribution < 1.29 is 4.79 Å². The summed E-state index contributed by atoms with van der Waals surface area (Å²) in [5, 5.41) is 0. The van der Waals surface area contributed by atoms with Crippen molar-refractivity contribution in [2.45, 2.75) is 52.0 Å². The van der Waals surface area contributed by atoms with Crippen LogP contribution >= 0.6 is 0 Å². The van der Waals surface area contributed by atoms with Crippen molar-refractivity contribution >= 4 is 5.91 Å². The van der Waals surface area contributed by atoms with Gasteiger partial charge in [-0.05, 0) is 43.9 Å². The zero-order valence-electron chi connectivity index (χ0n) is 11.7. The molecule has 2 nitrogen and oxygen atoms in total. The maximum Gasteiger partial charge on any atom is 0.254 e. The summed E-state index contributed by atoms with van der Waals surface area (Å²) in [6.45, 7) is 4.10. The fourth-order valence-corrected chi connectivity index (χ4v) is 2.81. The van der Waals surface area contributed by atoms with E-state index in [9.17, 15) is 4.79 Å². The van der Waals surface area contributed by atoms with Crippen LogP contribution < -0.4 is 0 Å². The molecule has 1 aliphatic rings. The van der Waals surface area contributed by atoms with Crippen LogP contribution in [-0.2, 0) is 0 Å². The summed E-state index contributed by atoms with van der Waals surface area (Å²) in [5.41, 5.74) is 3.17. The lowest BCUT2D eigenvalue weighted by Gasteiger charge is -2.31. The van der Waals surface area contributed by atoms with Gasteiger partial charge in [0.15, 0.2) is 0 Å². The molecule has 1 aromatic carbocycles. The number of rotatable bonds is 2. The average molecular weight is 245 g/mol. The Labute approximate surface area is 110 Å². The van der Waals surface area contributed by atoms with E-state index >= 15 is 0 Å². The van der Waals surface area contributed by atoms with Gasteiger partial charge in [0.05, 0.1) is 0 Å². The fourth-order valence-electron chi connectivity index (χ4n) is 2.81. The van der Waals surface area contributed by atoms with Crippen LogP contribution in [0.3, 0.4) is 0 Å². The van der Waals surface area contributed by atoms with Crippen molar-refractivity contribution in [2.75, 3.05) is 7.05 Å². The minimum absolute atomic E-state index is 0.183. The first-order chi connectivity index (χ1) is 8.61. The summed E-state index contributed by atoms with van der Waals surface area (Å²) >= 11 is 0. The molecule has 0 heterocycles. The standard InChI is InChI=1S/C16H23NO/c1-12-8-7-11-15(13(12)2)16(18)17(3)14-9-5-4-6-10-14/h7-8,11,14H,4-6,9-10H2,1-3H3. The molecule has 0 aromatic heterocycles. The van der Waals surface area contributed by atoms with E-state index in [1.165, 1.54) is 24.8 Å². The zero-order chi connectivity index (χ0) is 13.1. The number of nitrogens with zero attached hydrogens (tertiary/aromatic N) is 1. The van der Waals surface area contributed by atoms with Crippen molar-refractivity contribution in [3.8, 4) is 0 Å². The van der Waals surface area contributed by atoms with Gasteiger partial charge in [-0.3, -0.25) is 4.79 Å². The first kappa shape index (κ1) is 13.1. The molecular formula is C16H23NO. The molecule has 18 heavy (non-hydrogen) atoms. The number of hydrogen-bond donors (Lipinski definition) is 0. The lowest BCUT2D eigenvalue weighted by atomic mass is 9.93. The van der Waals surface area contributed by atoms with Crippen LogP contribution in [0.15, 0.2) is 18.2 Å². The second-order valence-corrected chi connectivity index (χ2v) is 5.46. The Kier molecular flexibility index (Phi) is 4.05. The zero-order valence-corrected chi connectivity index (χ0v) is 11.7. The van der Waals surface area contributed by atoms with Crippen LogP contribution in [-0.4, -0.2) is 23.9 Å². The highest BCUT2D eigenvalue weighted by Crippen LogP contribution is 2.24. The fraction of sp³-hybridized carbons (Fsp3) is 0.562. The normalized spacial score (nSPS) is 16.6. The van der Waals surface area contributed by atoms with Gasteiger partial charge in [-0.1, -0.05) is 31.4 Å². The Morgan fingerprint density at radius 3 is 2.50 bits per heavy atom. The first-order valence-electron chi connectivity index (χ1n) is 6.94. The van der Waals surface area contributed by atoms with Crippen molar-refractivity contribution in [1.82, 2.24) is 4.90 Å². The molecule has 0 bridgehead atoms. The lowest BCUT2D eigenvalue weighted by molar-refractivity contribution is 0.0695. The number of carbonyl (C=O) groups is 1. The van der Waals surface area contributed by atoms with Crippen LogP contribution in [0.2, 0.25) is 0 Å². The number of carbonyl (C=O) groups excluding carboxylic acids is 1. The summed E-state index contributed by atoms with van der Waals surface area (Å²) in [4.78, 5) is 14.5. The van der Waals surface area contributed by atoms with Gasteiger partial charge in [-0.2, -0.15) is 0 Å². The van der Waals surface area contributed by atoms with E-state index in [0.717, 1.165) is 24.0 Å². The van der Waals surface area contributed by atoms with Crippen LogP contribution in [0.1, 0.15) is 53.6 Å². The molecule has 2 heteroatoms. The summed E-state index contributed by atoms with van der Waals surface area (Å²) in [6, 6.07) is 6.42. The van der Waals surface area contributed by atoms with Crippen molar-refractivity contribution in [1.29, 1.82) is 0 Å². The third-order valence-corrected chi connectivity index (χ3v) is 4.28. The number of benzene rings is 1. The number of hydrogen-bond acceptors (Lipinski definition) is 1. The molecule has 0 N–H and O–H groups in total. The van der Waals surface area contributed by atoms with Crippen molar-refractivity contribution in [2.24, 2.45) is 0 Å². The van der Waals surface area contributed by atoms with Gasteiger partial charge in [-0.15, -0.1) is 0 Å². The second kappa shape index (κ2) is 5.55. The van der Waals surface area contributed by atoms with Gasteiger partial charge < -0.3 is 4.90 Å². The van der Waals surface area contributed by atoms with E-state index in [0.29, 0.717) is 6.04 Å². The summed E-state index contributed by atoms with van der Waals surface area (Å²) in [6.07, 6.45) is 6.16. The second-order valence-electron chi connectivity index (χ2n) is 5.46. The van der Waals surface area contributed by atoms with Crippen molar-refractivity contribution in [3.63, 3.8) is 0 Å². The van der Waals surface area contributed by atoms with E-state index in [1.807, 2.05) is 31.0 Å². The molecule has 0 saturated heterocycles. The molecule has 0 aliphatic heterocycles. The molecule has 98 valence electrons. The summed E-state index contributed by atoms with van der Waals surface area (Å²) < 4.78 is 0. The molecule has 0 spiro atoms. The van der Waals surface area contributed by atoms with E-state index in [4.69, 9.17) is 0 Å². The molecule has 1 saturated carbocycles. The van der Waals surface area contributed by atoms with E-state index in [2.05, 4.69) is 13.0 Å². The maximum atomic E-state index is 12.5. The molecule has 1 fully saturated rings. The molecule has 1 amide bonds. The Balaban J connectivity index is 2.17. The highest BCUT2D eigenvalue weighted by molar-refractivity contribution is 5.96. The predicted octanol–water partition coefficient (Wildman–Crippen LogP) is 3.71. The molecule has 0 unspecified atom stereocenters. The van der Waals surface area contributed by atoms with Gasteiger partial charge in [0.2, 0.25) is 0 Å². The minimum Gasteiger partial charge on any atom is -0.339 e. The smallest absolute Gasteiger partial charge is 0.254 e. The highest BCUT2D eigenvalue weighted by atomic mass is 16.2. The first-order valence-corrected chi connectivity index (χ1v) is 6.94.